The first-order valence-electron chi connectivity index (χ1n) is 7.67. The SMILES string of the molecule is COc1cccc([C@@]23CCCC[C@@H]2N(C)C(=O)[C@@H](C)O3)c1. The van der Waals surface area contributed by atoms with Crippen molar-refractivity contribution in [3.05, 3.63) is 29.8 Å². The Morgan fingerprint density at radius 2 is 2.19 bits per heavy atom. The molecule has 21 heavy (non-hydrogen) atoms. The van der Waals surface area contributed by atoms with E-state index in [1.165, 1.54) is 0 Å². The van der Waals surface area contributed by atoms with Gasteiger partial charge in [0.1, 0.15) is 17.5 Å². The van der Waals surface area contributed by atoms with Crippen LogP contribution in [0.3, 0.4) is 0 Å². The molecule has 1 saturated heterocycles. The first-order valence-corrected chi connectivity index (χ1v) is 7.67. The Hall–Kier alpha value is -1.55. The molecule has 3 rings (SSSR count). The normalized spacial score (nSPS) is 32.7. The smallest absolute Gasteiger partial charge is 0.251 e. The summed E-state index contributed by atoms with van der Waals surface area (Å²) in [6, 6.07) is 8.20. The quantitative estimate of drug-likeness (QED) is 0.840. The van der Waals surface area contributed by atoms with E-state index in [9.17, 15) is 4.79 Å². The molecule has 0 radical (unpaired) electrons. The maximum atomic E-state index is 12.3. The monoisotopic (exact) mass is 289 g/mol. The average Bonchev–Trinajstić information content (AvgIpc) is 2.53. The first kappa shape index (κ1) is 14.4. The number of nitrogens with zero attached hydrogens (tertiary/aromatic N) is 1. The van der Waals surface area contributed by atoms with Gasteiger partial charge in [0.25, 0.3) is 5.91 Å². The van der Waals surface area contributed by atoms with Crippen LogP contribution in [0.1, 0.15) is 38.2 Å². The number of likely N-dealkylation sites (N-methyl/N-ethyl adjacent to an activating group) is 1. The summed E-state index contributed by atoms with van der Waals surface area (Å²) >= 11 is 0. The second-order valence-electron chi connectivity index (χ2n) is 6.09. The molecule has 1 aliphatic carbocycles. The molecule has 0 unspecified atom stereocenters. The van der Waals surface area contributed by atoms with E-state index in [-0.39, 0.29) is 11.9 Å². The zero-order chi connectivity index (χ0) is 15.0. The summed E-state index contributed by atoms with van der Waals surface area (Å²) in [5.41, 5.74) is 0.729. The van der Waals surface area contributed by atoms with Gasteiger partial charge in [0, 0.05) is 7.05 Å². The number of fused-ring (bicyclic) bond motifs is 1. The van der Waals surface area contributed by atoms with Crippen LogP contribution in [-0.2, 0) is 15.1 Å². The van der Waals surface area contributed by atoms with Crippen LogP contribution in [0.4, 0.5) is 0 Å². The lowest BCUT2D eigenvalue weighted by atomic mass is 9.73. The highest BCUT2D eigenvalue weighted by atomic mass is 16.5. The summed E-state index contributed by atoms with van der Waals surface area (Å²) in [6.07, 6.45) is 3.82. The van der Waals surface area contributed by atoms with E-state index < -0.39 is 11.7 Å². The molecule has 3 atom stereocenters. The van der Waals surface area contributed by atoms with Gasteiger partial charge >= 0.3 is 0 Å². The summed E-state index contributed by atoms with van der Waals surface area (Å²) in [5, 5.41) is 0. The van der Waals surface area contributed by atoms with Gasteiger partial charge in [-0.15, -0.1) is 0 Å². The van der Waals surface area contributed by atoms with Crippen LogP contribution < -0.4 is 4.74 Å². The Morgan fingerprint density at radius 3 is 2.95 bits per heavy atom. The van der Waals surface area contributed by atoms with E-state index in [0.29, 0.717) is 0 Å². The van der Waals surface area contributed by atoms with Crippen molar-refractivity contribution >= 4 is 5.91 Å². The zero-order valence-electron chi connectivity index (χ0n) is 13.0. The van der Waals surface area contributed by atoms with Crippen molar-refractivity contribution in [2.24, 2.45) is 0 Å². The predicted molar refractivity (Wildman–Crippen MR) is 80.2 cm³/mol. The lowest BCUT2D eigenvalue weighted by Gasteiger charge is -2.53. The number of ether oxygens (including phenoxy) is 2. The molecule has 2 fully saturated rings. The summed E-state index contributed by atoms with van der Waals surface area (Å²) < 4.78 is 11.7. The van der Waals surface area contributed by atoms with Crippen LogP contribution >= 0.6 is 0 Å². The molecule has 0 N–H and O–H groups in total. The maximum absolute atomic E-state index is 12.3. The van der Waals surface area contributed by atoms with Gasteiger partial charge in [0.15, 0.2) is 0 Å². The molecule has 1 aromatic carbocycles. The summed E-state index contributed by atoms with van der Waals surface area (Å²) in [4.78, 5) is 14.1. The van der Waals surface area contributed by atoms with E-state index >= 15 is 0 Å². The van der Waals surface area contributed by atoms with E-state index in [2.05, 4.69) is 12.1 Å². The van der Waals surface area contributed by atoms with Crippen LogP contribution in [0, 0.1) is 0 Å². The van der Waals surface area contributed by atoms with Crippen LogP contribution in [0.5, 0.6) is 5.75 Å². The Bertz CT molecular complexity index is 545. The molecule has 1 aromatic rings. The van der Waals surface area contributed by atoms with Gasteiger partial charge < -0.3 is 14.4 Å². The van der Waals surface area contributed by atoms with Crippen LogP contribution in [0.25, 0.3) is 0 Å². The minimum absolute atomic E-state index is 0.0837. The molecular weight excluding hydrogens is 266 g/mol. The molecular formula is C17H23NO3. The highest BCUT2D eigenvalue weighted by Gasteiger charge is 2.52. The molecule has 1 saturated carbocycles. The highest BCUT2D eigenvalue weighted by Crippen LogP contribution is 2.46. The summed E-state index contributed by atoms with van der Waals surface area (Å²) in [6.45, 7) is 1.85. The van der Waals surface area contributed by atoms with Crippen molar-refractivity contribution in [3.8, 4) is 5.75 Å². The molecule has 0 aromatic heterocycles. The average molecular weight is 289 g/mol. The van der Waals surface area contributed by atoms with Crippen molar-refractivity contribution < 1.29 is 14.3 Å². The molecule has 4 nitrogen and oxygen atoms in total. The second kappa shape index (κ2) is 5.34. The third-order valence-electron chi connectivity index (χ3n) is 4.92. The molecule has 1 heterocycles. The van der Waals surface area contributed by atoms with E-state index in [4.69, 9.17) is 9.47 Å². The van der Waals surface area contributed by atoms with Gasteiger partial charge in [-0.05, 0) is 37.5 Å². The van der Waals surface area contributed by atoms with Gasteiger partial charge in [-0.1, -0.05) is 25.0 Å². The van der Waals surface area contributed by atoms with Gasteiger partial charge in [-0.3, -0.25) is 4.79 Å². The van der Waals surface area contributed by atoms with E-state index in [1.807, 2.05) is 31.0 Å². The van der Waals surface area contributed by atoms with Gasteiger partial charge in [-0.25, -0.2) is 0 Å². The van der Waals surface area contributed by atoms with Crippen molar-refractivity contribution in [3.63, 3.8) is 0 Å². The fourth-order valence-corrected chi connectivity index (χ4v) is 3.87. The number of carbonyl (C=O) groups is 1. The highest BCUT2D eigenvalue weighted by molar-refractivity contribution is 5.81. The third kappa shape index (κ3) is 2.22. The summed E-state index contributed by atoms with van der Waals surface area (Å²) in [7, 11) is 3.58. The molecule has 2 aliphatic rings. The lowest BCUT2D eigenvalue weighted by molar-refractivity contribution is -0.206. The molecule has 4 heteroatoms. The number of methoxy groups -OCH3 is 1. The molecule has 114 valence electrons. The first-order chi connectivity index (χ1) is 10.1. The number of rotatable bonds is 2. The van der Waals surface area contributed by atoms with Gasteiger partial charge in [0.05, 0.1) is 13.2 Å². The third-order valence-corrected chi connectivity index (χ3v) is 4.92. The van der Waals surface area contributed by atoms with Gasteiger partial charge in [-0.2, -0.15) is 0 Å². The van der Waals surface area contributed by atoms with Crippen molar-refractivity contribution in [2.45, 2.75) is 50.4 Å². The molecule has 0 spiro atoms. The molecule has 0 bridgehead atoms. The molecule has 1 amide bonds. The zero-order valence-corrected chi connectivity index (χ0v) is 13.0. The topological polar surface area (TPSA) is 38.8 Å². The van der Waals surface area contributed by atoms with Crippen molar-refractivity contribution in [2.75, 3.05) is 14.2 Å². The van der Waals surface area contributed by atoms with E-state index in [0.717, 1.165) is 37.0 Å². The van der Waals surface area contributed by atoms with E-state index in [1.54, 1.807) is 7.11 Å². The van der Waals surface area contributed by atoms with Crippen molar-refractivity contribution in [1.29, 1.82) is 0 Å². The number of hydrogen-bond acceptors (Lipinski definition) is 3. The van der Waals surface area contributed by atoms with Crippen LogP contribution in [0.15, 0.2) is 24.3 Å². The predicted octanol–water partition coefficient (Wildman–Crippen LogP) is 2.71. The van der Waals surface area contributed by atoms with Crippen molar-refractivity contribution in [1.82, 2.24) is 4.90 Å². The van der Waals surface area contributed by atoms with Crippen LogP contribution in [0.2, 0.25) is 0 Å². The largest absolute Gasteiger partial charge is 0.497 e. The fourth-order valence-electron chi connectivity index (χ4n) is 3.87. The Labute approximate surface area is 126 Å². The summed E-state index contributed by atoms with van der Waals surface area (Å²) in [5.74, 6) is 0.919. The maximum Gasteiger partial charge on any atom is 0.251 e. The number of hydrogen-bond donors (Lipinski definition) is 0. The Balaban J connectivity index is 2.07. The fraction of sp³-hybridized carbons (Fsp3) is 0.588. The minimum Gasteiger partial charge on any atom is -0.497 e. The molecule has 1 aliphatic heterocycles. The number of benzene rings is 1. The number of carbonyl (C=O) groups excluding carboxylic acids is 1. The number of morpholine rings is 1. The minimum atomic E-state index is -0.394. The Morgan fingerprint density at radius 1 is 1.38 bits per heavy atom. The Kier molecular flexibility index (Phi) is 3.66. The second-order valence-corrected chi connectivity index (χ2v) is 6.09. The van der Waals surface area contributed by atoms with Gasteiger partial charge in [0.2, 0.25) is 0 Å². The number of amides is 1. The lowest BCUT2D eigenvalue weighted by Crippen LogP contribution is -2.62. The standard InChI is InChI=1S/C17H23NO3/c1-12-16(19)18(2)15-9-4-5-10-17(15,21-12)13-7-6-8-14(11-13)20-3/h6-8,11-12,15H,4-5,9-10H2,1-3H3/t12-,15+,17+/m1/s1. The van der Waals surface area contributed by atoms with Crippen LogP contribution in [-0.4, -0.2) is 37.1 Å².